The van der Waals surface area contributed by atoms with Crippen LogP contribution in [0, 0.1) is 15.5 Å². The first kappa shape index (κ1) is 15.3. The van der Waals surface area contributed by atoms with E-state index in [1.54, 1.807) is 12.1 Å². The number of non-ortho nitro benzene ring substituents is 1. The highest BCUT2D eigenvalue weighted by Gasteiger charge is 2.14. The fraction of sp³-hybridized carbons (Fsp3) is 0. The van der Waals surface area contributed by atoms with Crippen molar-refractivity contribution < 1.29 is 9.66 Å². The van der Waals surface area contributed by atoms with Crippen molar-refractivity contribution in [3.63, 3.8) is 0 Å². The summed E-state index contributed by atoms with van der Waals surface area (Å²) in [7, 11) is 0. The van der Waals surface area contributed by atoms with E-state index >= 15 is 0 Å². The lowest BCUT2D eigenvalue weighted by Crippen LogP contribution is -2.12. The largest absolute Gasteiger partial charge is 0.455 e. The summed E-state index contributed by atoms with van der Waals surface area (Å²) in [4.78, 5) is 10.3. The predicted molar refractivity (Wildman–Crippen MR) is 83.3 cm³/mol. The second-order valence-electron chi connectivity index (χ2n) is 4.03. The molecule has 0 aliphatic heterocycles. The summed E-state index contributed by atoms with van der Waals surface area (Å²) in [5.41, 5.74) is 5.68. The first-order chi connectivity index (χ1) is 9.88. The van der Waals surface area contributed by atoms with Crippen molar-refractivity contribution in [3.8, 4) is 11.5 Å². The average molecular weight is 371 g/mol. The highest BCUT2D eigenvalue weighted by atomic mass is 79.9. The Kier molecular flexibility index (Phi) is 4.44. The summed E-state index contributed by atoms with van der Waals surface area (Å²) < 4.78 is 6.16. The van der Waals surface area contributed by atoms with E-state index in [1.165, 1.54) is 24.3 Å². The molecule has 0 atom stereocenters. The van der Waals surface area contributed by atoms with Gasteiger partial charge in [-0.1, -0.05) is 11.6 Å². The SMILES string of the molecule is N=C(N)c1cc(Cl)ccc1Oc1cc([N+](=O)[O-])ccc1Br. The van der Waals surface area contributed by atoms with Gasteiger partial charge in [0.1, 0.15) is 17.3 Å². The number of nitrogens with two attached hydrogens (primary N) is 1. The van der Waals surface area contributed by atoms with Gasteiger partial charge in [-0.3, -0.25) is 15.5 Å². The maximum Gasteiger partial charge on any atom is 0.273 e. The van der Waals surface area contributed by atoms with E-state index in [1.807, 2.05) is 0 Å². The summed E-state index contributed by atoms with van der Waals surface area (Å²) in [5, 5.41) is 18.7. The van der Waals surface area contributed by atoms with E-state index in [-0.39, 0.29) is 23.0 Å². The minimum Gasteiger partial charge on any atom is -0.455 e. The van der Waals surface area contributed by atoms with E-state index in [0.29, 0.717) is 15.1 Å². The van der Waals surface area contributed by atoms with Crippen molar-refractivity contribution in [2.45, 2.75) is 0 Å². The summed E-state index contributed by atoms with van der Waals surface area (Å²) in [5.74, 6) is 0.316. The van der Waals surface area contributed by atoms with Gasteiger partial charge in [0.15, 0.2) is 0 Å². The van der Waals surface area contributed by atoms with E-state index in [2.05, 4.69) is 15.9 Å². The molecule has 0 aliphatic rings. The monoisotopic (exact) mass is 369 g/mol. The summed E-state index contributed by atoms with van der Waals surface area (Å²) >= 11 is 9.11. The molecular weight excluding hydrogens is 362 g/mol. The van der Waals surface area contributed by atoms with Crippen molar-refractivity contribution in [2.75, 3.05) is 0 Å². The molecule has 0 heterocycles. The first-order valence-electron chi connectivity index (χ1n) is 5.64. The number of nitrogen functional groups attached to an aromatic ring is 1. The third-order valence-corrected chi connectivity index (χ3v) is 3.47. The van der Waals surface area contributed by atoms with Crippen molar-refractivity contribution in [3.05, 3.63) is 61.6 Å². The second kappa shape index (κ2) is 6.11. The third kappa shape index (κ3) is 3.50. The molecule has 0 aromatic heterocycles. The lowest BCUT2D eigenvalue weighted by Gasteiger charge is -2.11. The number of hydrogen-bond acceptors (Lipinski definition) is 4. The highest BCUT2D eigenvalue weighted by Crippen LogP contribution is 2.35. The van der Waals surface area contributed by atoms with Gasteiger partial charge in [0.05, 0.1) is 21.0 Å². The molecule has 108 valence electrons. The zero-order valence-corrected chi connectivity index (χ0v) is 12.8. The number of benzene rings is 2. The van der Waals surface area contributed by atoms with Gasteiger partial charge < -0.3 is 10.5 Å². The van der Waals surface area contributed by atoms with Crippen molar-refractivity contribution in [1.82, 2.24) is 0 Å². The standard InChI is InChI=1S/C13H9BrClN3O3/c14-10-3-2-8(18(19)20)6-12(10)21-11-4-1-7(15)5-9(11)13(16)17/h1-6H,(H3,16,17). The van der Waals surface area contributed by atoms with Crippen molar-refractivity contribution in [1.29, 1.82) is 5.41 Å². The van der Waals surface area contributed by atoms with Crippen LogP contribution in [-0.2, 0) is 0 Å². The van der Waals surface area contributed by atoms with Crippen LogP contribution in [0.4, 0.5) is 5.69 Å². The summed E-state index contributed by atoms with van der Waals surface area (Å²) in [6.45, 7) is 0. The van der Waals surface area contributed by atoms with Crippen LogP contribution in [0.15, 0.2) is 40.9 Å². The Bertz CT molecular complexity index is 737. The van der Waals surface area contributed by atoms with Crippen LogP contribution in [0.25, 0.3) is 0 Å². The van der Waals surface area contributed by atoms with Crippen LogP contribution in [-0.4, -0.2) is 10.8 Å². The highest BCUT2D eigenvalue weighted by molar-refractivity contribution is 9.10. The number of nitro groups is 1. The number of nitrogens with one attached hydrogen (secondary N) is 1. The average Bonchev–Trinajstić information content (AvgIpc) is 2.42. The smallest absolute Gasteiger partial charge is 0.273 e. The van der Waals surface area contributed by atoms with Crippen molar-refractivity contribution in [2.24, 2.45) is 5.73 Å². The van der Waals surface area contributed by atoms with Crippen LogP contribution < -0.4 is 10.5 Å². The Morgan fingerprint density at radius 2 is 2.00 bits per heavy atom. The number of halogens is 2. The Labute approximate surface area is 133 Å². The molecule has 8 heteroatoms. The number of nitro benzene ring substituents is 1. The van der Waals surface area contributed by atoms with Crippen LogP contribution >= 0.6 is 27.5 Å². The zero-order chi connectivity index (χ0) is 15.6. The molecule has 0 saturated heterocycles. The summed E-state index contributed by atoms with van der Waals surface area (Å²) in [6, 6.07) is 8.76. The maximum absolute atomic E-state index is 10.8. The fourth-order valence-electron chi connectivity index (χ4n) is 1.60. The van der Waals surface area contributed by atoms with E-state index < -0.39 is 4.92 Å². The van der Waals surface area contributed by atoms with Gasteiger partial charge in [-0.2, -0.15) is 0 Å². The van der Waals surface area contributed by atoms with Gasteiger partial charge in [0.25, 0.3) is 5.69 Å². The fourth-order valence-corrected chi connectivity index (χ4v) is 2.10. The molecular formula is C13H9BrClN3O3. The Hall–Kier alpha value is -2.12. The normalized spacial score (nSPS) is 10.2. The first-order valence-corrected chi connectivity index (χ1v) is 6.81. The number of hydrogen-bond donors (Lipinski definition) is 2. The van der Waals surface area contributed by atoms with E-state index in [4.69, 9.17) is 27.5 Å². The van der Waals surface area contributed by atoms with E-state index in [9.17, 15) is 10.1 Å². The topological polar surface area (TPSA) is 102 Å². The Morgan fingerprint density at radius 1 is 1.29 bits per heavy atom. The molecule has 0 fully saturated rings. The Balaban J connectivity index is 2.45. The van der Waals surface area contributed by atoms with Gasteiger partial charge in [-0.25, -0.2) is 0 Å². The van der Waals surface area contributed by atoms with Crippen LogP contribution in [0.3, 0.4) is 0 Å². The molecule has 0 bridgehead atoms. The zero-order valence-electron chi connectivity index (χ0n) is 10.5. The van der Waals surface area contributed by atoms with E-state index in [0.717, 1.165) is 0 Å². The number of ether oxygens (including phenoxy) is 1. The molecule has 0 unspecified atom stereocenters. The molecule has 2 rings (SSSR count). The molecule has 0 aliphatic carbocycles. The Morgan fingerprint density at radius 3 is 2.62 bits per heavy atom. The molecule has 6 nitrogen and oxygen atoms in total. The second-order valence-corrected chi connectivity index (χ2v) is 5.32. The van der Waals surface area contributed by atoms with Gasteiger partial charge in [-0.15, -0.1) is 0 Å². The molecule has 0 amide bonds. The lowest BCUT2D eigenvalue weighted by molar-refractivity contribution is -0.384. The molecule has 2 aromatic carbocycles. The lowest BCUT2D eigenvalue weighted by atomic mass is 10.2. The molecule has 0 saturated carbocycles. The summed E-state index contributed by atoms with van der Waals surface area (Å²) in [6.07, 6.45) is 0. The molecule has 0 spiro atoms. The quantitative estimate of drug-likeness (QED) is 0.366. The number of rotatable bonds is 4. The molecule has 3 N–H and O–H groups in total. The van der Waals surface area contributed by atoms with Gasteiger partial charge in [0.2, 0.25) is 0 Å². The van der Waals surface area contributed by atoms with Crippen LogP contribution in [0.5, 0.6) is 11.5 Å². The minimum atomic E-state index is -0.521. The predicted octanol–water partition coefficient (Wildman–Crippen LogP) is 4.09. The van der Waals surface area contributed by atoms with Gasteiger partial charge >= 0.3 is 0 Å². The van der Waals surface area contributed by atoms with Crippen LogP contribution in [0.2, 0.25) is 5.02 Å². The van der Waals surface area contributed by atoms with Crippen molar-refractivity contribution >= 4 is 39.1 Å². The van der Waals surface area contributed by atoms with Crippen LogP contribution in [0.1, 0.15) is 5.56 Å². The molecule has 21 heavy (non-hydrogen) atoms. The maximum atomic E-state index is 10.8. The van der Waals surface area contributed by atoms with Gasteiger partial charge in [0, 0.05) is 11.1 Å². The molecule has 0 radical (unpaired) electrons. The minimum absolute atomic E-state index is 0.105. The number of nitrogens with zero attached hydrogens (tertiary/aromatic N) is 1. The van der Waals surface area contributed by atoms with Gasteiger partial charge in [-0.05, 0) is 40.2 Å². The number of amidine groups is 1. The third-order valence-electron chi connectivity index (χ3n) is 2.58. The molecule has 2 aromatic rings.